The van der Waals surface area contributed by atoms with Crippen molar-refractivity contribution in [2.75, 3.05) is 30.0 Å². The van der Waals surface area contributed by atoms with Crippen molar-refractivity contribution in [2.24, 2.45) is 0 Å². The fourth-order valence-corrected chi connectivity index (χ4v) is 4.67. The number of aryl methyl sites for hydroxylation is 2. The summed E-state index contributed by atoms with van der Waals surface area (Å²) >= 11 is 0. The first kappa shape index (κ1) is 25.0. The number of amides is 1. The van der Waals surface area contributed by atoms with Crippen molar-refractivity contribution in [3.63, 3.8) is 0 Å². The van der Waals surface area contributed by atoms with Gasteiger partial charge in [0, 0.05) is 36.1 Å². The molecule has 186 valence electrons. The van der Waals surface area contributed by atoms with Crippen molar-refractivity contribution in [1.82, 2.24) is 0 Å². The van der Waals surface area contributed by atoms with Crippen LogP contribution in [-0.4, -0.2) is 37.0 Å². The monoisotopic (exact) mass is 484 g/mol. The van der Waals surface area contributed by atoms with Crippen LogP contribution in [0, 0.1) is 13.8 Å². The first-order valence-electron chi connectivity index (χ1n) is 12.2. The smallest absolute Gasteiger partial charge is 0.300 e. The summed E-state index contributed by atoms with van der Waals surface area (Å²) < 4.78 is 5.36. The number of rotatable bonds is 7. The minimum Gasteiger partial charge on any atom is -0.507 e. The minimum absolute atomic E-state index is 0.0710. The zero-order valence-electron chi connectivity index (χ0n) is 21.4. The Hall–Kier alpha value is -4.06. The van der Waals surface area contributed by atoms with Crippen LogP contribution in [0.3, 0.4) is 0 Å². The first-order valence-corrected chi connectivity index (χ1v) is 12.2. The Morgan fingerprint density at radius 3 is 2.25 bits per heavy atom. The molecule has 1 atom stereocenters. The summed E-state index contributed by atoms with van der Waals surface area (Å²) in [7, 11) is 1.55. The van der Waals surface area contributed by atoms with Crippen LogP contribution in [0.25, 0.3) is 5.76 Å². The number of nitrogens with zero attached hydrogens (tertiary/aromatic N) is 2. The SMILES string of the molecule is CCN(CC)c1ccc(C2/C(=C(\O)c3ccc(C)c(C)c3)C(=O)C(=O)N2c2cccc(OC)c2)cc1. The summed E-state index contributed by atoms with van der Waals surface area (Å²) in [4.78, 5) is 30.5. The Morgan fingerprint density at radius 2 is 1.64 bits per heavy atom. The molecule has 6 nitrogen and oxygen atoms in total. The predicted molar refractivity (Wildman–Crippen MR) is 144 cm³/mol. The lowest BCUT2D eigenvalue weighted by molar-refractivity contribution is -0.132. The van der Waals surface area contributed by atoms with E-state index in [9.17, 15) is 14.7 Å². The van der Waals surface area contributed by atoms with Gasteiger partial charge in [0.15, 0.2) is 0 Å². The van der Waals surface area contributed by atoms with Gasteiger partial charge in [0.05, 0.1) is 18.7 Å². The lowest BCUT2D eigenvalue weighted by Crippen LogP contribution is -2.29. The highest BCUT2D eigenvalue weighted by Crippen LogP contribution is 2.43. The largest absolute Gasteiger partial charge is 0.507 e. The molecule has 1 aliphatic heterocycles. The maximum Gasteiger partial charge on any atom is 0.300 e. The van der Waals surface area contributed by atoms with E-state index in [1.54, 1.807) is 37.4 Å². The van der Waals surface area contributed by atoms with Crippen LogP contribution in [0.2, 0.25) is 0 Å². The maximum absolute atomic E-state index is 13.4. The molecule has 3 aromatic carbocycles. The molecule has 0 bridgehead atoms. The van der Waals surface area contributed by atoms with Crippen LogP contribution in [-0.2, 0) is 9.59 Å². The van der Waals surface area contributed by atoms with Crippen LogP contribution in [0.5, 0.6) is 5.75 Å². The molecule has 1 heterocycles. The summed E-state index contributed by atoms with van der Waals surface area (Å²) in [5, 5.41) is 11.4. The average Bonchev–Trinajstić information content (AvgIpc) is 3.16. The van der Waals surface area contributed by atoms with E-state index in [0.29, 0.717) is 17.0 Å². The molecule has 1 unspecified atom stereocenters. The summed E-state index contributed by atoms with van der Waals surface area (Å²) in [5.74, 6) is -1.02. The fraction of sp³-hybridized carbons (Fsp3) is 0.267. The van der Waals surface area contributed by atoms with Gasteiger partial charge in [-0.15, -0.1) is 0 Å². The minimum atomic E-state index is -0.788. The van der Waals surface area contributed by atoms with E-state index in [4.69, 9.17) is 4.74 Å². The van der Waals surface area contributed by atoms with Crippen LogP contribution in [0.4, 0.5) is 11.4 Å². The van der Waals surface area contributed by atoms with Gasteiger partial charge in [0.2, 0.25) is 0 Å². The number of anilines is 2. The second-order valence-corrected chi connectivity index (χ2v) is 8.93. The van der Waals surface area contributed by atoms with Gasteiger partial charge >= 0.3 is 0 Å². The quantitative estimate of drug-likeness (QED) is 0.261. The summed E-state index contributed by atoms with van der Waals surface area (Å²) in [6.45, 7) is 9.86. The van der Waals surface area contributed by atoms with Crippen molar-refractivity contribution in [1.29, 1.82) is 0 Å². The van der Waals surface area contributed by atoms with Crippen LogP contribution in [0.1, 0.15) is 42.1 Å². The fourth-order valence-electron chi connectivity index (χ4n) is 4.67. The number of aliphatic hydroxyl groups is 1. The number of hydrogen-bond acceptors (Lipinski definition) is 5. The Balaban J connectivity index is 1.91. The van der Waals surface area contributed by atoms with E-state index in [1.807, 2.05) is 50.2 Å². The maximum atomic E-state index is 13.4. The summed E-state index contributed by atoms with van der Waals surface area (Å²) in [6, 6.07) is 19.6. The molecule has 6 heteroatoms. The van der Waals surface area contributed by atoms with E-state index in [0.717, 1.165) is 35.5 Å². The Bertz CT molecular complexity index is 1320. The summed E-state index contributed by atoms with van der Waals surface area (Å²) in [5.41, 5.74) is 4.95. The number of Topliss-reactive ketones (excluding diaryl/α,β-unsaturated/α-hetero) is 1. The number of hydrogen-bond donors (Lipinski definition) is 1. The van der Waals surface area contributed by atoms with Crippen LogP contribution in [0.15, 0.2) is 72.3 Å². The van der Waals surface area contributed by atoms with Gasteiger partial charge in [-0.25, -0.2) is 0 Å². The number of benzene rings is 3. The third kappa shape index (κ3) is 4.47. The van der Waals surface area contributed by atoms with Gasteiger partial charge in [0.25, 0.3) is 11.7 Å². The topological polar surface area (TPSA) is 70.1 Å². The Kier molecular flexibility index (Phi) is 7.15. The number of aliphatic hydroxyl groups excluding tert-OH is 1. The molecule has 0 radical (unpaired) electrons. The Morgan fingerprint density at radius 1 is 0.944 bits per heavy atom. The van der Waals surface area contributed by atoms with Crippen molar-refractivity contribution in [3.05, 3.63) is 94.6 Å². The molecule has 0 saturated carbocycles. The van der Waals surface area contributed by atoms with Gasteiger partial charge in [-0.1, -0.05) is 30.3 Å². The lowest BCUT2D eigenvalue weighted by Gasteiger charge is -2.27. The summed E-state index contributed by atoms with van der Waals surface area (Å²) in [6.07, 6.45) is 0. The molecule has 0 aromatic heterocycles. The zero-order chi connectivity index (χ0) is 26.0. The van der Waals surface area contributed by atoms with Gasteiger partial charge in [0.1, 0.15) is 11.5 Å². The van der Waals surface area contributed by atoms with E-state index in [1.165, 1.54) is 4.90 Å². The van der Waals surface area contributed by atoms with Gasteiger partial charge in [-0.2, -0.15) is 0 Å². The van der Waals surface area contributed by atoms with Crippen molar-refractivity contribution in [3.8, 4) is 5.75 Å². The van der Waals surface area contributed by atoms with Crippen molar-refractivity contribution < 1.29 is 19.4 Å². The van der Waals surface area contributed by atoms with Crippen molar-refractivity contribution >= 4 is 28.8 Å². The van der Waals surface area contributed by atoms with E-state index in [2.05, 4.69) is 18.7 Å². The Labute approximate surface area is 212 Å². The highest BCUT2D eigenvalue weighted by molar-refractivity contribution is 6.51. The number of methoxy groups -OCH3 is 1. The standard InChI is InChI=1S/C30H32N2O4/c1-6-31(7-2)23-15-13-21(14-16-23)27-26(28(33)22-12-11-19(3)20(4)17-22)29(34)30(35)32(27)24-9-8-10-25(18-24)36-5/h8-18,27,33H,6-7H2,1-5H3/b28-26+. The molecular weight excluding hydrogens is 452 g/mol. The lowest BCUT2D eigenvalue weighted by atomic mass is 9.94. The molecule has 1 aliphatic rings. The predicted octanol–water partition coefficient (Wildman–Crippen LogP) is 5.78. The first-order chi connectivity index (χ1) is 17.3. The molecule has 1 N–H and O–H groups in total. The number of ether oxygens (including phenoxy) is 1. The molecule has 1 saturated heterocycles. The van der Waals surface area contributed by atoms with Gasteiger partial charge < -0.3 is 14.7 Å². The number of carbonyl (C=O) groups excluding carboxylic acids is 2. The third-order valence-corrected chi connectivity index (χ3v) is 6.89. The molecule has 4 rings (SSSR count). The van der Waals surface area contributed by atoms with Gasteiger partial charge in [-0.3, -0.25) is 14.5 Å². The van der Waals surface area contributed by atoms with E-state index in [-0.39, 0.29) is 11.3 Å². The molecule has 0 aliphatic carbocycles. The normalized spacial score (nSPS) is 16.9. The van der Waals surface area contributed by atoms with E-state index < -0.39 is 17.7 Å². The highest BCUT2D eigenvalue weighted by atomic mass is 16.5. The molecule has 1 amide bonds. The second kappa shape index (κ2) is 10.3. The van der Waals surface area contributed by atoms with E-state index >= 15 is 0 Å². The van der Waals surface area contributed by atoms with Crippen LogP contribution >= 0.6 is 0 Å². The molecule has 36 heavy (non-hydrogen) atoms. The molecular formula is C30H32N2O4. The molecule has 1 fully saturated rings. The third-order valence-electron chi connectivity index (χ3n) is 6.89. The molecule has 3 aromatic rings. The molecule has 0 spiro atoms. The second-order valence-electron chi connectivity index (χ2n) is 8.93. The zero-order valence-corrected chi connectivity index (χ0v) is 21.4. The average molecular weight is 485 g/mol. The highest BCUT2D eigenvalue weighted by Gasteiger charge is 2.47. The van der Waals surface area contributed by atoms with Crippen LogP contribution < -0.4 is 14.5 Å². The van der Waals surface area contributed by atoms with Gasteiger partial charge in [-0.05, 0) is 74.7 Å². The number of ketones is 1. The number of carbonyl (C=O) groups is 2. The van der Waals surface area contributed by atoms with Crippen molar-refractivity contribution in [2.45, 2.75) is 33.7 Å².